The summed E-state index contributed by atoms with van der Waals surface area (Å²) >= 11 is 0. The second kappa shape index (κ2) is 19.1. The molecule has 2 aliphatic rings. The van der Waals surface area contributed by atoms with Crippen molar-refractivity contribution in [3.05, 3.63) is 71.8 Å². The lowest BCUT2D eigenvalue weighted by Gasteiger charge is -2.48. The third kappa shape index (κ3) is 11.3. The van der Waals surface area contributed by atoms with Crippen LogP contribution in [0.5, 0.6) is 0 Å². The molecule has 2 aromatic rings. The maximum absolute atomic E-state index is 13.3. The number of aliphatic hydroxyl groups excluding tert-OH is 1. The fourth-order valence-electron chi connectivity index (χ4n) is 5.68. The highest BCUT2D eigenvalue weighted by Crippen LogP contribution is 2.35. The molecular formula is C36H40O18. The average Bonchev–Trinajstić information content (AvgIpc) is 3.11. The first kappa shape index (κ1) is 41.3. The van der Waals surface area contributed by atoms with Crippen LogP contribution in [0, 0.1) is 0 Å². The van der Waals surface area contributed by atoms with Crippen LogP contribution < -0.4 is 0 Å². The minimum Gasteiger partial charge on any atom is -0.463 e. The Morgan fingerprint density at radius 3 is 1.46 bits per heavy atom. The first-order valence-electron chi connectivity index (χ1n) is 16.6. The number of hydrogen-bond donors (Lipinski definition) is 1. The van der Waals surface area contributed by atoms with Crippen LogP contribution in [-0.4, -0.2) is 122 Å². The first-order valence-corrected chi connectivity index (χ1v) is 16.6. The first-order chi connectivity index (χ1) is 25.6. The maximum atomic E-state index is 13.3. The predicted octanol–water partition coefficient (Wildman–Crippen LogP) is 1.19. The molecule has 0 amide bonds. The summed E-state index contributed by atoms with van der Waals surface area (Å²) in [5.74, 6) is -6.21. The van der Waals surface area contributed by atoms with Gasteiger partial charge < -0.3 is 52.5 Å². The molecule has 0 aromatic heterocycles. The van der Waals surface area contributed by atoms with E-state index in [0.29, 0.717) is 0 Å². The van der Waals surface area contributed by atoms with E-state index in [4.69, 9.17) is 47.4 Å². The largest absolute Gasteiger partial charge is 0.463 e. The lowest BCUT2D eigenvalue weighted by molar-refractivity contribution is -0.356. The van der Waals surface area contributed by atoms with Crippen molar-refractivity contribution in [3.8, 4) is 0 Å². The van der Waals surface area contributed by atoms with E-state index >= 15 is 0 Å². The van der Waals surface area contributed by atoms with E-state index in [-0.39, 0.29) is 11.1 Å². The average molecular weight is 761 g/mol. The van der Waals surface area contributed by atoms with Gasteiger partial charge in [0.15, 0.2) is 43.1 Å². The number of carbonyl (C=O) groups excluding carboxylic acids is 7. The van der Waals surface area contributed by atoms with E-state index in [9.17, 15) is 38.7 Å². The van der Waals surface area contributed by atoms with Gasteiger partial charge in [-0.1, -0.05) is 36.4 Å². The van der Waals surface area contributed by atoms with E-state index in [1.165, 1.54) is 24.3 Å². The molecule has 18 nitrogen and oxygen atoms in total. The quantitative estimate of drug-likeness (QED) is 0.223. The summed E-state index contributed by atoms with van der Waals surface area (Å²) in [6.45, 7) is 3.96. The third-order valence-corrected chi connectivity index (χ3v) is 7.79. The van der Waals surface area contributed by atoms with Crippen molar-refractivity contribution in [2.75, 3.05) is 13.2 Å². The van der Waals surface area contributed by atoms with Gasteiger partial charge in [-0.15, -0.1) is 0 Å². The zero-order valence-corrected chi connectivity index (χ0v) is 29.8. The Bertz CT molecular complexity index is 1650. The number of rotatable bonds is 13. The Balaban J connectivity index is 1.79. The molecule has 0 bridgehead atoms. The molecule has 54 heavy (non-hydrogen) atoms. The van der Waals surface area contributed by atoms with Crippen LogP contribution in [0.4, 0.5) is 0 Å². The number of esters is 7. The molecule has 0 radical (unpaired) electrons. The minimum absolute atomic E-state index is 0.0405. The molecule has 0 saturated carbocycles. The molecule has 0 spiro atoms. The SMILES string of the molecule is CC(=O)OC[C@H]1O[C@@H](O[C@@H]2[C@@H](OC(=O)c3ccccc3)[C@@H](O)O[C@H](COC(=O)c3ccccc3)[C@H]2OC(C)=O)[C@H](OC(C)=O)[C@@H](OC(C)=O)[C@H]1OC(C)=O. The Morgan fingerprint density at radius 1 is 0.500 bits per heavy atom. The second-order valence-corrected chi connectivity index (χ2v) is 12.0. The molecule has 1 N–H and O–H groups in total. The summed E-state index contributed by atoms with van der Waals surface area (Å²) in [7, 11) is 0. The lowest BCUT2D eigenvalue weighted by Crippen LogP contribution is -2.67. The minimum atomic E-state index is -2.04. The summed E-state index contributed by atoms with van der Waals surface area (Å²) in [6, 6.07) is 15.4. The summed E-state index contributed by atoms with van der Waals surface area (Å²) in [4.78, 5) is 87.6. The summed E-state index contributed by atoms with van der Waals surface area (Å²) < 4.78 is 56.2. The van der Waals surface area contributed by atoms with Crippen LogP contribution in [0.2, 0.25) is 0 Å². The highest BCUT2D eigenvalue weighted by Gasteiger charge is 2.57. The zero-order chi connectivity index (χ0) is 39.5. The Morgan fingerprint density at radius 2 is 0.944 bits per heavy atom. The predicted molar refractivity (Wildman–Crippen MR) is 176 cm³/mol. The van der Waals surface area contributed by atoms with Crippen molar-refractivity contribution in [3.63, 3.8) is 0 Å². The smallest absolute Gasteiger partial charge is 0.338 e. The van der Waals surface area contributed by atoms with E-state index < -0.39 is 116 Å². The molecule has 10 atom stereocenters. The van der Waals surface area contributed by atoms with Gasteiger partial charge in [0.05, 0.1) is 11.1 Å². The molecule has 4 rings (SSSR count). The van der Waals surface area contributed by atoms with Crippen molar-refractivity contribution >= 4 is 41.8 Å². The van der Waals surface area contributed by atoms with Gasteiger partial charge in [0.1, 0.15) is 31.5 Å². The van der Waals surface area contributed by atoms with Gasteiger partial charge in [-0.05, 0) is 24.3 Å². The van der Waals surface area contributed by atoms with Crippen LogP contribution in [0.15, 0.2) is 60.7 Å². The summed E-state index contributed by atoms with van der Waals surface area (Å²) in [6.07, 6.45) is -17.1. The van der Waals surface area contributed by atoms with Crippen molar-refractivity contribution in [1.82, 2.24) is 0 Å². The second-order valence-electron chi connectivity index (χ2n) is 12.0. The van der Waals surface area contributed by atoms with Gasteiger partial charge in [-0.2, -0.15) is 0 Å². The molecule has 0 unspecified atom stereocenters. The Kier molecular flexibility index (Phi) is 14.6. The third-order valence-electron chi connectivity index (χ3n) is 7.79. The number of aliphatic hydroxyl groups is 1. The molecule has 2 heterocycles. The number of hydrogen-bond acceptors (Lipinski definition) is 18. The van der Waals surface area contributed by atoms with Gasteiger partial charge in [-0.3, -0.25) is 24.0 Å². The normalized spacial score (nSPS) is 27.7. The molecule has 2 aromatic carbocycles. The van der Waals surface area contributed by atoms with E-state index in [1.54, 1.807) is 36.4 Å². The van der Waals surface area contributed by atoms with Crippen LogP contribution in [0.1, 0.15) is 55.3 Å². The van der Waals surface area contributed by atoms with Gasteiger partial charge in [0, 0.05) is 34.6 Å². The fourth-order valence-corrected chi connectivity index (χ4v) is 5.68. The summed E-state index contributed by atoms with van der Waals surface area (Å²) in [5.41, 5.74) is 0.205. The van der Waals surface area contributed by atoms with Crippen molar-refractivity contribution < 1.29 is 86.0 Å². The van der Waals surface area contributed by atoms with E-state index in [2.05, 4.69) is 0 Å². The number of carbonyl (C=O) groups is 7. The molecule has 18 heteroatoms. The van der Waals surface area contributed by atoms with Crippen molar-refractivity contribution in [2.24, 2.45) is 0 Å². The zero-order valence-electron chi connectivity index (χ0n) is 29.8. The number of ether oxygens (including phenoxy) is 10. The van der Waals surface area contributed by atoms with Crippen molar-refractivity contribution in [2.45, 2.75) is 96.0 Å². The van der Waals surface area contributed by atoms with Gasteiger partial charge >= 0.3 is 41.8 Å². The van der Waals surface area contributed by atoms with Crippen LogP contribution >= 0.6 is 0 Å². The maximum Gasteiger partial charge on any atom is 0.338 e. The molecule has 2 aliphatic heterocycles. The monoisotopic (exact) mass is 760 g/mol. The van der Waals surface area contributed by atoms with Gasteiger partial charge in [0.2, 0.25) is 0 Å². The molecular weight excluding hydrogens is 720 g/mol. The number of benzene rings is 2. The lowest BCUT2D eigenvalue weighted by atomic mass is 9.96. The molecule has 0 aliphatic carbocycles. The van der Waals surface area contributed by atoms with E-state index in [1.807, 2.05) is 0 Å². The molecule has 292 valence electrons. The van der Waals surface area contributed by atoms with Gasteiger partial charge in [0.25, 0.3) is 0 Å². The Labute approximate surface area is 308 Å². The van der Waals surface area contributed by atoms with E-state index in [0.717, 1.165) is 34.6 Å². The summed E-state index contributed by atoms with van der Waals surface area (Å²) in [5, 5.41) is 11.3. The van der Waals surface area contributed by atoms with Crippen LogP contribution in [0.25, 0.3) is 0 Å². The van der Waals surface area contributed by atoms with Crippen LogP contribution in [0.3, 0.4) is 0 Å². The standard InChI is InChI=1S/C36H40O18/c1-18(37)45-16-26-28(48-20(3)39)30(49-21(4)40)32(50-22(5)41)36(52-26)54-29-27(47-19(2)38)25(17-46-33(42)23-12-8-6-9-13-23)51-35(44)31(29)53-34(43)24-14-10-7-11-15-24/h6-15,25-32,35-36,44H,16-17H2,1-5H3/t25-,26-,27-,28+,29+,30+,31-,32-,35+,36+/m1/s1. The molecule has 2 fully saturated rings. The highest BCUT2D eigenvalue weighted by atomic mass is 16.8. The highest BCUT2D eigenvalue weighted by molar-refractivity contribution is 5.90. The fraction of sp³-hybridized carbons (Fsp3) is 0.472. The Hall–Kier alpha value is -5.43. The van der Waals surface area contributed by atoms with Gasteiger partial charge in [-0.25, -0.2) is 9.59 Å². The van der Waals surface area contributed by atoms with Crippen molar-refractivity contribution in [1.29, 1.82) is 0 Å². The molecule has 2 saturated heterocycles. The van der Waals surface area contributed by atoms with Crippen LogP contribution in [-0.2, 0) is 71.3 Å². The topological polar surface area (TPSA) is 232 Å².